The molecule has 0 saturated heterocycles. The van der Waals surface area contributed by atoms with Crippen LogP contribution >= 0.6 is 0 Å². The Morgan fingerprint density at radius 1 is 0.960 bits per heavy atom. The van der Waals surface area contributed by atoms with Crippen molar-refractivity contribution in [1.82, 2.24) is 0 Å². The van der Waals surface area contributed by atoms with Crippen molar-refractivity contribution >= 4 is 29.3 Å². The molecule has 1 aliphatic carbocycles. The van der Waals surface area contributed by atoms with E-state index in [1.54, 1.807) is 24.3 Å². The molecule has 0 atom stereocenters. The van der Waals surface area contributed by atoms with Crippen molar-refractivity contribution in [2.75, 3.05) is 10.6 Å². The van der Waals surface area contributed by atoms with Crippen LogP contribution in [0.5, 0.6) is 0 Å². The van der Waals surface area contributed by atoms with Crippen LogP contribution in [0.4, 0.5) is 11.4 Å². The number of hydrogen-bond acceptors (Lipinski definition) is 2. The van der Waals surface area contributed by atoms with Gasteiger partial charge >= 0.3 is 0 Å². The van der Waals surface area contributed by atoms with E-state index in [0.717, 1.165) is 29.7 Å². The van der Waals surface area contributed by atoms with E-state index in [0.29, 0.717) is 5.69 Å². The van der Waals surface area contributed by atoms with Crippen molar-refractivity contribution in [3.05, 3.63) is 65.2 Å². The Morgan fingerprint density at radius 3 is 2.20 bits per heavy atom. The number of carbonyl (C=O) groups excluding carboxylic acids is 2. The third kappa shape index (κ3) is 4.80. The van der Waals surface area contributed by atoms with Crippen LogP contribution in [-0.4, -0.2) is 11.8 Å². The zero-order valence-electron chi connectivity index (χ0n) is 14.5. The van der Waals surface area contributed by atoms with Gasteiger partial charge in [0, 0.05) is 23.4 Å². The first-order chi connectivity index (χ1) is 12.0. The van der Waals surface area contributed by atoms with Gasteiger partial charge in [-0.3, -0.25) is 9.59 Å². The van der Waals surface area contributed by atoms with Crippen LogP contribution in [0.1, 0.15) is 29.5 Å². The summed E-state index contributed by atoms with van der Waals surface area (Å²) in [4.78, 5) is 23.8. The molecule has 4 heteroatoms. The fourth-order valence-electron chi connectivity index (χ4n) is 2.59. The fourth-order valence-corrected chi connectivity index (χ4v) is 2.59. The molecular weight excluding hydrogens is 312 g/mol. The number of carbonyl (C=O) groups is 2. The van der Waals surface area contributed by atoms with Crippen molar-refractivity contribution in [1.29, 1.82) is 0 Å². The lowest BCUT2D eigenvalue weighted by atomic mass is 10.1. The molecule has 0 unspecified atom stereocenters. The Balaban J connectivity index is 1.56. The van der Waals surface area contributed by atoms with Gasteiger partial charge in [-0.15, -0.1) is 0 Å². The van der Waals surface area contributed by atoms with E-state index in [1.807, 2.05) is 32.1 Å². The molecule has 2 aromatic carbocycles. The standard InChI is InChI=1S/C21H22N2O2/c1-14-3-4-16(15(2)13-14)7-12-20(24)22-18-8-10-19(11-9-18)23-21(25)17-5-6-17/h3-4,7-13,17H,5-6H2,1-2H3,(H,22,24)(H,23,25)/b12-7+. The highest BCUT2D eigenvalue weighted by molar-refractivity contribution is 6.02. The molecule has 25 heavy (non-hydrogen) atoms. The Hall–Kier alpha value is -2.88. The van der Waals surface area contributed by atoms with Crippen LogP contribution in [0.2, 0.25) is 0 Å². The normalized spacial score (nSPS) is 13.7. The summed E-state index contributed by atoms with van der Waals surface area (Å²) in [6.07, 6.45) is 5.30. The highest BCUT2D eigenvalue weighted by atomic mass is 16.2. The van der Waals surface area contributed by atoms with E-state index in [2.05, 4.69) is 16.7 Å². The average Bonchev–Trinajstić information content (AvgIpc) is 3.41. The zero-order chi connectivity index (χ0) is 17.8. The summed E-state index contributed by atoms with van der Waals surface area (Å²) in [5, 5.41) is 5.70. The number of hydrogen-bond donors (Lipinski definition) is 2. The third-order valence-corrected chi connectivity index (χ3v) is 4.21. The maximum Gasteiger partial charge on any atom is 0.248 e. The summed E-state index contributed by atoms with van der Waals surface area (Å²) in [5.41, 5.74) is 4.81. The van der Waals surface area contributed by atoms with E-state index in [4.69, 9.17) is 0 Å². The molecule has 0 aliphatic heterocycles. The summed E-state index contributed by atoms with van der Waals surface area (Å²) in [6, 6.07) is 13.3. The lowest BCUT2D eigenvalue weighted by Crippen LogP contribution is -2.13. The molecule has 4 nitrogen and oxygen atoms in total. The highest BCUT2D eigenvalue weighted by Gasteiger charge is 2.29. The summed E-state index contributed by atoms with van der Waals surface area (Å²) in [7, 11) is 0. The van der Waals surface area contributed by atoms with E-state index in [-0.39, 0.29) is 17.7 Å². The first-order valence-electron chi connectivity index (χ1n) is 8.48. The van der Waals surface area contributed by atoms with E-state index < -0.39 is 0 Å². The predicted molar refractivity (Wildman–Crippen MR) is 101 cm³/mol. The van der Waals surface area contributed by atoms with Crippen LogP contribution in [0.15, 0.2) is 48.5 Å². The van der Waals surface area contributed by atoms with Gasteiger partial charge in [0.05, 0.1) is 0 Å². The number of anilines is 2. The molecule has 2 N–H and O–H groups in total. The van der Waals surface area contributed by atoms with Gasteiger partial charge in [-0.05, 0) is 68.2 Å². The number of benzene rings is 2. The van der Waals surface area contributed by atoms with Crippen LogP contribution in [-0.2, 0) is 9.59 Å². The van der Waals surface area contributed by atoms with Gasteiger partial charge in [-0.1, -0.05) is 23.8 Å². The zero-order valence-corrected chi connectivity index (χ0v) is 14.5. The maximum absolute atomic E-state index is 12.1. The molecule has 0 spiro atoms. The largest absolute Gasteiger partial charge is 0.326 e. The fraction of sp³-hybridized carbons (Fsp3) is 0.238. The van der Waals surface area contributed by atoms with E-state index >= 15 is 0 Å². The highest BCUT2D eigenvalue weighted by Crippen LogP contribution is 2.30. The van der Waals surface area contributed by atoms with Gasteiger partial charge in [-0.25, -0.2) is 0 Å². The van der Waals surface area contributed by atoms with Gasteiger partial charge < -0.3 is 10.6 Å². The molecule has 1 saturated carbocycles. The Bertz CT molecular complexity index is 818. The number of amides is 2. The molecule has 2 aromatic rings. The van der Waals surface area contributed by atoms with Gasteiger partial charge in [0.1, 0.15) is 0 Å². The SMILES string of the molecule is Cc1ccc(/C=C/C(=O)Nc2ccc(NC(=O)C3CC3)cc2)c(C)c1. The minimum atomic E-state index is -0.185. The Kier molecular flexibility index (Phi) is 4.98. The first-order valence-corrected chi connectivity index (χ1v) is 8.48. The van der Waals surface area contributed by atoms with Gasteiger partial charge in [-0.2, -0.15) is 0 Å². The van der Waals surface area contributed by atoms with Gasteiger partial charge in [0.25, 0.3) is 0 Å². The van der Waals surface area contributed by atoms with Crippen molar-refractivity contribution in [2.24, 2.45) is 5.92 Å². The lowest BCUT2D eigenvalue weighted by molar-refractivity contribution is -0.117. The molecule has 1 aliphatic rings. The second-order valence-electron chi connectivity index (χ2n) is 6.52. The molecule has 0 aromatic heterocycles. The third-order valence-electron chi connectivity index (χ3n) is 4.21. The lowest BCUT2D eigenvalue weighted by Gasteiger charge is -2.06. The molecule has 1 fully saturated rings. The monoisotopic (exact) mass is 334 g/mol. The molecular formula is C21H22N2O2. The Morgan fingerprint density at radius 2 is 1.60 bits per heavy atom. The van der Waals surface area contributed by atoms with Crippen molar-refractivity contribution < 1.29 is 9.59 Å². The smallest absolute Gasteiger partial charge is 0.248 e. The molecule has 0 heterocycles. The minimum Gasteiger partial charge on any atom is -0.326 e. The second-order valence-corrected chi connectivity index (χ2v) is 6.52. The molecule has 3 rings (SSSR count). The van der Waals surface area contributed by atoms with Crippen molar-refractivity contribution in [3.8, 4) is 0 Å². The second kappa shape index (κ2) is 7.34. The van der Waals surface area contributed by atoms with E-state index in [9.17, 15) is 9.59 Å². The summed E-state index contributed by atoms with van der Waals surface area (Å²) in [5.74, 6) is 0.0673. The quantitative estimate of drug-likeness (QED) is 0.801. The average molecular weight is 334 g/mol. The first kappa shape index (κ1) is 17.0. The van der Waals surface area contributed by atoms with Crippen LogP contribution in [0.3, 0.4) is 0 Å². The van der Waals surface area contributed by atoms with Crippen LogP contribution in [0.25, 0.3) is 6.08 Å². The number of rotatable bonds is 5. The molecule has 128 valence electrons. The van der Waals surface area contributed by atoms with Crippen molar-refractivity contribution in [3.63, 3.8) is 0 Å². The minimum absolute atomic E-state index is 0.0770. The van der Waals surface area contributed by atoms with Crippen LogP contribution in [0, 0.1) is 19.8 Å². The van der Waals surface area contributed by atoms with Crippen LogP contribution < -0.4 is 10.6 Å². The number of aryl methyl sites for hydroxylation is 2. The molecule has 0 radical (unpaired) electrons. The maximum atomic E-state index is 12.1. The molecule has 0 bridgehead atoms. The predicted octanol–water partition coefficient (Wildman–Crippen LogP) is 4.30. The van der Waals surface area contributed by atoms with Gasteiger partial charge in [0.15, 0.2) is 0 Å². The summed E-state index contributed by atoms with van der Waals surface area (Å²) in [6.45, 7) is 4.07. The Labute approximate surface area is 148 Å². The van der Waals surface area contributed by atoms with E-state index in [1.165, 1.54) is 11.6 Å². The summed E-state index contributed by atoms with van der Waals surface area (Å²) >= 11 is 0. The number of nitrogens with one attached hydrogen (secondary N) is 2. The molecule has 2 amide bonds. The summed E-state index contributed by atoms with van der Waals surface area (Å²) < 4.78 is 0. The van der Waals surface area contributed by atoms with Crippen molar-refractivity contribution in [2.45, 2.75) is 26.7 Å². The van der Waals surface area contributed by atoms with Gasteiger partial charge in [0.2, 0.25) is 11.8 Å². The topological polar surface area (TPSA) is 58.2 Å².